The first-order valence-corrected chi connectivity index (χ1v) is 4.70. The van der Waals surface area contributed by atoms with Crippen LogP contribution in [0.5, 0.6) is 0 Å². The van der Waals surface area contributed by atoms with Crippen LogP contribution >= 0.6 is 0 Å². The number of hydrogen-bond donors (Lipinski definition) is 0. The zero-order chi connectivity index (χ0) is 10.7. The molecule has 0 amide bonds. The maximum Gasteiger partial charge on any atom is 0.304 e. The van der Waals surface area contributed by atoms with Crippen LogP contribution in [0.2, 0.25) is 0 Å². The number of ether oxygens (including phenoxy) is 3. The van der Waals surface area contributed by atoms with E-state index in [4.69, 9.17) is 14.2 Å². The molecule has 0 atom stereocenters. The van der Waals surface area contributed by atoms with Crippen LogP contribution in [0.25, 0.3) is 0 Å². The normalized spacial score (nSPS) is 24.1. The van der Waals surface area contributed by atoms with E-state index in [9.17, 15) is 0 Å². The Morgan fingerprint density at radius 1 is 1.29 bits per heavy atom. The summed E-state index contributed by atoms with van der Waals surface area (Å²) in [6.45, 7) is 12.9. The lowest BCUT2D eigenvalue weighted by Gasteiger charge is -2.40. The molecule has 3 heteroatoms. The lowest BCUT2D eigenvalue weighted by atomic mass is 9.95. The summed E-state index contributed by atoms with van der Waals surface area (Å²) >= 11 is 0. The second-order valence-corrected chi connectivity index (χ2v) is 4.15. The van der Waals surface area contributed by atoms with Crippen LogP contribution in [0.3, 0.4) is 0 Å². The third-order valence-corrected chi connectivity index (χ3v) is 1.98. The molecule has 3 nitrogen and oxygen atoms in total. The van der Waals surface area contributed by atoms with Crippen molar-refractivity contribution in [2.75, 3.05) is 19.8 Å². The fourth-order valence-electron chi connectivity index (χ4n) is 1.11. The molecule has 1 heterocycles. The second-order valence-electron chi connectivity index (χ2n) is 4.15. The van der Waals surface area contributed by atoms with E-state index < -0.39 is 5.97 Å². The van der Waals surface area contributed by atoms with E-state index in [2.05, 4.69) is 27.0 Å². The molecule has 0 saturated carbocycles. The van der Waals surface area contributed by atoms with Crippen molar-refractivity contribution in [2.24, 2.45) is 5.41 Å². The van der Waals surface area contributed by atoms with Crippen molar-refractivity contribution < 1.29 is 14.2 Å². The average molecular weight is 198 g/mol. The van der Waals surface area contributed by atoms with Crippen molar-refractivity contribution in [2.45, 2.75) is 19.8 Å². The van der Waals surface area contributed by atoms with Crippen LogP contribution in [0.4, 0.5) is 0 Å². The van der Waals surface area contributed by atoms with Gasteiger partial charge in [0.15, 0.2) is 0 Å². The van der Waals surface area contributed by atoms with Gasteiger partial charge in [-0.25, -0.2) is 0 Å². The van der Waals surface area contributed by atoms with Crippen LogP contribution < -0.4 is 0 Å². The zero-order valence-electron chi connectivity index (χ0n) is 8.91. The van der Waals surface area contributed by atoms with Crippen LogP contribution in [-0.2, 0) is 14.2 Å². The molecular weight excluding hydrogens is 180 g/mol. The number of hydrogen-bond acceptors (Lipinski definition) is 3. The van der Waals surface area contributed by atoms with Crippen molar-refractivity contribution in [3.8, 4) is 0 Å². The molecule has 0 unspecified atom stereocenters. The highest BCUT2D eigenvalue weighted by atomic mass is 16.9. The lowest BCUT2D eigenvalue weighted by molar-refractivity contribution is -0.386. The summed E-state index contributed by atoms with van der Waals surface area (Å²) in [5.41, 5.74) is 0.0318. The average Bonchev–Trinajstić information content (AvgIpc) is 2.18. The quantitative estimate of drug-likeness (QED) is 0.647. The van der Waals surface area contributed by atoms with Gasteiger partial charge in [-0.05, 0) is 6.08 Å². The van der Waals surface area contributed by atoms with Crippen molar-refractivity contribution in [1.82, 2.24) is 0 Å². The molecular formula is C11H18O3. The zero-order valence-corrected chi connectivity index (χ0v) is 8.91. The van der Waals surface area contributed by atoms with Crippen molar-refractivity contribution in [3.63, 3.8) is 0 Å². The Labute approximate surface area is 85.3 Å². The van der Waals surface area contributed by atoms with Gasteiger partial charge in [0.1, 0.15) is 0 Å². The molecule has 0 aromatic rings. The molecule has 0 bridgehead atoms. The van der Waals surface area contributed by atoms with Gasteiger partial charge in [-0.2, -0.15) is 0 Å². The Balaban J connectivity index is 2.56. The monoisotopic (exact) mass is 198 g/mol. The molecule has 0 radical (unpaired) electrons. The van der Waals surface area contributed by atoms with Crippen LogP contribution in [0.15, 0.2) is 25.3 Å². The van der Waals surface area contributed by atoms with Gasteiger partial charge in [0, 0.05) is 5.41 Å². The van der Waals surface area contributed by atoms with Gasteiger partial charge >= 0.3 is 5.97 Å². The Bertz CT molecular complexity index is 211. The van der Waals surface area contributed by atoms with Gasteiger partial charge in [0.05, 0.1) is 19.8 Å². The highest BCUT2D eigenvalue weighted by Crippen LogP contribution is 2.30. The SMILES string of the molecule is C=CCOC1(C=C)OCC(C)(C)CO1. The fourth-order valence-corrected chi connectivity index (χ4v) is 1.11. The minimum Gasteiger partial charge on any atom is -0.323 e. The van der Waals surface area contributed by atoms with Crippen molar-refractivity contribution in [3.05, 3.63) is 25.3 Å². The lowest BCUT2D eigenvalue weighted by Crippen LogP contribution is -2.48. The maximum absolute atomic E-state index is 5.52. The van der Waals surface area contributed by atoms with Crippen molar-refractivity contribution >= 4 is 0 Å². The summed E-state index contributed by atoms with van der Waals surface area (Å²) in [6.07, 6.45) is 3.18. The van der Waals surface area contributed by atoms with Gasteiger partial charge < -0.3 is 14.2 Å². The molecule has 1 rings (SSSR count). The van der Waals surface area contributed by atoms with E-state index in [0.29, 0.717) is 19.8 Å². The third-order valence-electron chi connectivity index (χ3n) is 1.98. The number of rotatable bonds is 4. The molecule has 1 aliphatic heterocycles. The molecule has 1 fully saturated rings. The summed E-state index contributed by atoms with van der Waals surface area (Å²) in [5.74, 6) is -1.08. The standard InChI is InChI=1S/C11H18O3/c1-5-7-12-11(6-2)13-8-10(3,4)9-14-11/h5-6H,1-2,7-9H2,3-4H3. The molecule has 80 valence electrons. The van der Waals surface area contributed by atoms with Crippen LogP contribution in [0, 0.1) is 5.41 Å². The van der Waals surface area contributed by atoms with Gasteiger partial charge in [0.2, 0.25) is 0 Å². The van der Waals surface area contributed by atoms with Crippen LogP contribution in [0.1, 0.15) is 13.8 Å². The molecule has 0 spiro atoms. The molecule has 14 heavy (non-hydrogen) atoms. The second kappa shape index (κ2) is 4.26. The van der Waals surface area contributed by atoms with E-state index in [1.54, 1.807) is 6.08 Å². The smallest absolute Gasteiger partial charge is 0.304 e. The molecule has 0 aromatic heterocycles. The van der Waals surface area contributed by atoms with Gasteiger partial charge in [-0.3, -0.25) is 0 Å². The topological polar surface area (TPSA) is 27.7 Å². The van der Waals surface area contributed by atoms with E-state index in [1.165, 1.54) is 6.08 Å². The first kappa shape index (κ1) is 11.4. The van der Waals surface area contributed by atoms with E-state index in [-0.39, 0.29) is 5.41 Å². The largest absolute Gasteiger partial charge is 0.323 e. The molecule has 0 aliphatic carbocycles. The predicted molar refractivity (Wildman–Crippen MR) is 54.8 cm³/mol. The highest BCUT2D eigenvalue weighted by Gasteiger charge is 2.39. The van der Waals surface area contributed by atoms with Gasteiger partial charge in [-0.15, -0.1) is 6.58 Å². The summed E-state index contributed by atoms with van der Waals surface area (Å²) in [7, 11) is 0. The first-order valence-electron chi connectivity index (χ1n) is 4.70. The Morgan fingerprint density at radius 3 is 2.29 bits per heavy atom. The summed E-state index contributed by atoms with van der Waals surface area (Å²) in [6, 6.07) is 0. The maximum atomic E-state index is 5.52. The summed E-state index contributed by atoms with van der Waals surface area (Å²) in [5, 5.41) is 0. The van der Waals surface area contributed by atoms with Crippen molar-refractivity contribution in [1.29, 1.82) is 0 Å². The predicted octanol–water partition coefficient (Wildman–Crippen LogP) is 2.10. The van der Waals surface area contributed by atoms with E-state index >= 15 is 0 Å². The summed E-state index contributed by atoms with van der Waals surface area (Å²) < 4.78 is 16.4. The first-order chi connectivity index (χ1) is 6.54. The minimum absolute atomic E-state index is 0.0318. The Kier molecular flexibility index (Phi) is 3.48. The van der Waals surface area contributed by atoms with Gasteiger partial charge in [0.25, 0.3) is 0 Å². The summed E-state index contributed by atoms with van der Waals surface area (Å²) in [4.78, 5) is 0. The Hall–Kier alpha value is -0.640. The fraction of sp³-hybridized carbons (Fsp3) is 0.636. The van der Waals surface area contributed by atoms with E-state index in [1.807, 2.05) is 0 Å². The highest BCUT2D eigenvalue weighted by molar-refractivity contribution is 4.87. The van der Waals surface area contributed by atoms with Crippen LogP contribution in [-0.4, -0.2) is 25.8 Å². The molecule has 1 aliphatic rings. The minimum atomic E-state index is -1.08. The third kappa shape index (κ3) is 2.67. The molecule has 0 aromatic carbocycles. The van der Waals surface area contributed by atoms with E-state index in [0.717, 1.165) is 0 Å². The molecule has 1 saturated heterocycles. The van der Waals surface area contributed by atoms with Gasteiger partial charge in [-0.1, -0.05) is 26.5 Å². The Morgan fingerprint density at radius 2 is 1.86 bits per heavy atom. The molecule has 0 N–H and O–H groups in total.